The molecule has 20 heavy (non-hydrogen) atoms. The summed E-state index contributed by atoms with van der Waals surface area (Å²) >= 11 is 0. The minimum atomic E-state index is -0.234. The van der Waals surface area contributed by atoms with Crippen LogP contribution >= 0.6 is 0 Å². The molecule has 1 N–H and O–H groups in total. The number of aromatic amines is 1. The van der Waals surface area contributed by atoms with Crippen LogP contribution in [-0.4, -0.2) is 9.78 Å². The molecule has 1 heterocycles. The zero-order valence-corrected chi connectivity index (χ0v) is 13.1. The maximum absolute atomic E-state index is 12.6. The van der Waals surface area contributed by atoms with Gasteiger partial charge in [0.05, 0.1) is 11.2 Å². The van der Waals surface area contributed by atoms with Gasteiger partial charge in [-0.15, -0.1) is 0 Å². The van der Waals surface area contributed by atoms with E-state index in [2.05, 4.69) is 43.2 Å². The maximum Gasteiger partial charge on any atom is 0.270 e. The van der Waals surface area contributed by atoms with Crippen LogP contribution in [0.4, 0.5) is 0 Å². The summed E-state index contributed by atoms with van der Waals surface area (Å²) in [7, 11) is 0. The van der Waals surface area contributed by atoms with Gasteiger partial charge in [0.15, 0.2) is 0 Å². The van der Waals surface area contributed by atoms with Crippen LogP contribution in [-0.2, 0) is 12.0 Å². The molecule has 2 aromatic rings. The van der Waals surface area contributed by atoms with Gasteiger partial charge in [-0.3, -0.25) is 9.89 Å². The second-order valence-corrected chi connectivity index (χ2v) is 6.39. The molecule has 0 unspecified atom stereocenters. The van der Waals surface area contributed by atoms with E-state index in [9.17, 15) is 4.79 Å². The van der Waals surface area contributed by atoms with Gasteiger partial charge in [-0.05, 0) is 39.7 Å². The standard InChI is InChI=1S/C17H24N2O/c1-6-7-14-15(13-10-8-12(2)9-11-13)18-19(16(14)20)17(3,4)5/h8-11,18H,6-7H2,1-5H3. The Morgan fingerprint density at radius 1 is 1.15 bits per heavy atom. The third-order valence-electron chi connectivity index (χ3n) is 3.50. The number of H-pyrrole nitrogens is 1. The molecular formula is C17H24N2O. The summed E-state index contributed by atoms with van der Waals surface area (Å²) in [4.78, 5) is 12.6. The molecule has 2 rings (SSSR count). The predicted octanol–water partition coefficient (Wildman–Crippen LogP) is 3.86. The van der Waals surface area contributed by atoms with E-state index in [1.807, 2.05) is 20.8 Å². The van der Waals surface area contributed by atoms with E-state index in [0.29, 0.717) is 0 Å². The van der Waals surface area contributed by atoms with Crippen molar-refractivity contribution in [1.82, 2.24) is 9.78 Å². The highest BCUT2D eigenvalue weighted by atomic mass is 16.1. The lowest BCUT2D eigenvalue weighted by molar-refractivity contribution is 0.346. The van der Waals surface area contributed by atoms with Crippen molar-refractivity contribution >= 4 is 0 Å². The lowest BCUT2D eigenvalue weighted by atomic mass is 10.0. The number of aromatic nitrogens is 2. The minimum Gasteiger partial charge on any atom is -0.294 e. The van der Waals surface area contributed by atoms with Crippen LogP contribution in [0, 0.1) is 6.92 Å². The smallest absolute Gasteiger partial charge is 0.270 e. The van der Waals surface area contributed by atoms with Crippen LogP contribution in [0.2, 0.25) is 0 Å². The van der Waals surface area contributed by atoms with Gasteiger partial charge in [0.1, 0.15) is 0 Å². The molecule has 1 aromatic carbocycles. The van der Waals surface area contributed by atoms with Crippen molar-refractivity contribution in [3.8, 4) is 11.3 Å². The van der Waals surface area contributed by atoms with Gasteiger partial charge in [-0.25, -0.2) is 4.68 Å². The fourth-order valence-electron chi connectivity index (χ4n) is 2.39. The van der Waals surface area contributed by atoms with E-state index in [0.717, 1.165) is 29.7 Å². The quantitative estimate of drug-likeness (QED) is 0.905. The third kappa shape index (κ3) is 2.72. The lowest BCUT2D eigenvalue weighted by Gasteiger charge is -2.19. The van der Waals surface area contributed by atoms with Crippen LogP contribution in [0.25, 0.3) is 11.3 Å². The molecule has 0 spiro atoms. The van der Waals surface area contributed by atoms with Crippen LogP contribution in [0.1, 0.15) is 45.2 Å². The molecule has 1 aromatic heterocycles. The lowest BCUT2D eigenvalue weighted by Crippen LogP contribution is -2.33. The number of hydrogen-bond donors (Lipinski definition) is 1. The van der Waals surface area contributed by atoms with Crippen LogP contribution in [0.5, 0.6) is 0 Å². The molecular weight excluding hydrogens is 248 g/mol. The summed E-state index contributed by atoms with van der Waals surface area (Å²) in [6.07, 6.45) is 1.78. The maximum atomic E-state index is 12.6. The first-order valence-electron chi connectivity index (χ1n) is 7.26. The van der Waals surface area contributed by atoms with Crippen molar-refractivity contribution in [3.05, 3.63) is 45.7 Å². The Hall–Kier alpha value is -1.77. The van der Waals surface area contributed by atoms with Crippen LogP contribution in [0.15, 0.2) is 29.1 Å². The summed E-state index contributed by atoms with van der Waals surface area (Å²) < 4.78 is 1.74. The second-order valence-electron chi connectivity index (χ2n) is 6.39. The molecule has 0 saturated heterocycles. The Labute approximate surface area is 120 Å². The number of aryl methyl sites for hydroxylation is 1. The number of hydrogen-bond acceptors (Lipinski definition) is 1. The molecule has 0 aliphatic heterocycles. The highest BCUT2D eigenvalue weighted by Crippen LogP contribution is 2.23. The summed E-state index contributed by atoms with van der Waals surface area (Å²) in [5.41, 5.74) is 4.04. The van der Waals surface area contributed by atoms with E-state index in [4.69, 9.17) is 0 Å². The molecule has 0 fully saturated rings. The van der Waals surface area contributed by atoms with Gasteiger partial charge in [-0.2, -0.15) is 0 Å². The van der Waals surface area contributed by atoms with Crippen molar-refractivity contribution in [2.75, 3.05) is 0 Å². The van der Waals surface area contributed by atoms with Crippen molar-refractivity contribution < 1.29 is 0 Å². The molecule has 0 aliphatic carbocycles. The highest BCUT2D eigenvalue weighted by molar-refractivity contribution is 5.63. The predicted molar refractivity (Wildman–Crippen MR) is 84.2 cm³/mol. The van der Waals surface area contributed by atoms with Gasteiger partial charge in [0, 0.05) is 5.56 Å². The molecule has 0 aliphatic rings. The number of nitrogens with zero attached hydrogens (tertiary/aromatic N) is 1. The molecule has 0 radical (unpaired) electrons. The molecule has 3 nitrogen and oxygen atoms in total. The normalized spacial score (nSPS) is 11.8. The van der Waals surface area contributed by atoms with Crippen molar-refractivity contribution in [2.45, 2.75) is 53.0 Å². The van der Waals surface area contributed by atoms with Gasteiger partial charge in [0.25, 0.3) is 5.56 Å². The van der Waals surface area contributed by atoms with E-state index < -0.39 is 0 Å². The average molecular weight is 272 g/mol. The Balaban J connectivity index is 2.63. The van der Waals surface area contributed by atoms with Crippen molar-refractivity contribution in [1.29, 1.82) is 0 Å². The van der Waals surface area contributed by atoms with E-state index in [1.54, 1.807) is 4.68 Å². The molecule has 3 heteroatoms. The first-order valence-corrected chi connectivity index (χ1v) is 7.26. The van der Waals surface area contributed by atoms with Crippen LogP contribution < -0.4 is 5.56 Å². The number of rotatable bonds is 3. The zero-order chi connectivity index (χ0) is 14.9. The summed E-state index contributed by atoms with van der Waals surface area (Å²) in [5, 5.41) is 3.31. The second kappa shape index (κ2) is 5.31. The Kier molecular flexibility index (Phi) is 3.89. The van der Waals surface area contributed by atoms with E-state index in [1.165, 1.54) is 5.56 Å². The first kappa shape index (κ1) is 14.6. The summed E-state index contributed by atoms with van der Waals surface area (Å²) in [5.74, 6) is 0. The van der Waals surface area contributed by atoms with Crippen LogP contribution in [0.3, 0.4) is 0 Å². The first-order chi connectivity index (χ1) is 9.34. The van der Waals surface area contributed by atoms with Gasteiger partial charge in [0.2, 0.25) is 0 Å². The highest BCUT2D eigenvalue weighted by Gasteiger charge is 2.22. The number of nitrogens with one attached hydrogen (secondary N) is 1. The largest absolute Gasteiger partial charge is 0.294 e. The molecule has 0 amide bonds. The monoisotopic (exact) mass is 272 g/mol. The summed E-state index contributed by atoms with van der Waals surface area (Å²) in [6, 6.07) is 8.31. The minimum absolute atomic E-state index is 0.106. The zero-order valence-electron chi connectivity index (χ0n) is 13.1. The van der Waals surface area contributed by atoms with Crippen molar-refractivity contribution in [2.24, 2.45) is 0 Å². The van der Waals surface area contributed by atoms with Crippen molar-refractivity contribution in [3.63, 3.8) is 0 Å². The fourth-order valence-corrected chi connectivity index (χ4v) is 2.39. The Morgan fingerprint density at radius 2 is 1.75 bits per heavy atom. The molecule has 0 bridgehead atoms. The van der Waals surface area contributed by atoms with Gasteiger partial charge < -0.3 is 0 Å². The average Bonchev–Trinajstić information content (AvgIpc) is 2.69. The van der Waals surface area contributed by atoms with Gasteiger partial charge >= 0.3 is 0 Å². The fraction of sp³-hybridized carbons (Fsp3) is 0.471. The summed E-state index contributed by atoms with van der Waals surface area (Å²) in [6.45, 7) is 10.3. The molecule has 0 atom stereocenters. The third-order valence-corrected chi connectivity index (χ3v) is 3.50. The molecule has 108 valence electrons. The topological polar surface area (TPSA) is 37.8 Å². The van der Waals surface area contributed by atoms with E-state index >= 15 is 0 Å². The molecule has 0 saturated carbocycles. The van der Waals surface area contributed by atoms with E-state index in [-0.39, 0.29) is 11.1 Å². The SMILES string of the molecule is CCCc1c(-c2ccc(C)cc2)[nH]n(C(C)(C)C)c1=O. The Morgan fingerprint density at radius 3 is 2.25 bits per heavy atom. The van der Waals surface area contributed by atoms with Gasteiger partial charge in [-0.1, -0.05) is 43.2 Å². The number of benzene rings is 1. The Bertz CT molecular complexity index is 639.